The van der Waals surface area contributed by atoms with E-state index in [9.17, 15) is 0 Å². The molecular weight excluding hydrogens is 749 g/mol. The van der Waals surface area contributed by atoms with Crippen molar-refractivity contribution in [2.24, 2.45) is 0 Å². The van der Waals surface area contributed by atoms with Crippen LogP contribution < -0.4 is 19.3 Å². The minimum absolute atomic E-state index is 0.208. The van der Waals surface area contributed by atoms with E-state index in [1.54, 1.807) is 0 Å². The van der Waals surface area contributed by atoms with Gasteiger partial charge in [0.2, 0.25) is 0 Å². The molecule has 61 heavy (non-hydrogen) atoms. The van der Waals surface area contributed by atoms with Crippen LogP contribution in [0.3, 0.4) is 0 Å². The molecule has 6 nitrogen and oxygen atoms in total. The molecule has 0 amide bonds. The highest BCUT2D eigenvalue weighted by atomic mass is 16.5. The number of benzene rings is 5. The maximum atomic E-state index is 7.77. The quantitative estimate of drug-likeness (QED) is 0.163. The molecule has 6 aliphatic rings. The highest BCUT2D eigenvalue weighted by molar-refractivity contribution is 6.10. The predicted molar refractivity (Wildman–Crippen MR) is 253 cm³/mol. The summed E-state index contributed by atoms with van der Waals surface area (Å²) in [6.07, 6.45) is 17.8. The number of nitrogens with zero attached hydrogens (tertiary/aromatic N) is 4. The molecule has 5 heterocycles. The Hall–Kier alpha value is -4.78. The normalized spacial score (nSPS) is 23.4. The minimum atomic E-state index is -0.812. The summed E-state index contributed by atoms with van der Waals surface area (Å²) in [5.41, 5.74) is 10.4. The average Bonchev–Trinajstić information content (AvgIpc) is 3.58. The zero-order valence-electron chi connectivity index (χ0n) is 36.8. The van der Waals surface area contributed by atoms with Gasteiger partial charge in [0.15, 0.2) is 5.60 Å². The third-order valence-corrected chi connectivity index (χ3v) is 15.8. The fraction of sp³-hybridized carbons (Fsp3) is 0.455. The van der Waals surface area contributed by atoms with Crippen molar-refractivity contribution in [3.63, 3.8) is 0 Å². The van der Waals surface area contributed by atoms with E-state index in [0.717, 1.165) is 60.2 Å². The number of ether oxygens (including phenoxy) is 2. The summed E-state index contributed by atoms with van der Waals surface area (Å²) < 4.78 is 14.1. The predicted octanol–water partition coefficient (Wildman–Crippen LogP) is 11.4. The summed E-state index contributed by atoms with van der Waals surface area (Å²) in [4.78, 5) is 10.7. The van der Waals surface area contributed by atoms with E-state index in [2.05, 4.69) is 137 Å². The lowest BCUT2D eigenvalue weighted by Crippen LogP contribution is -2.46. The third-order valence-electron chi connectivity index (χ3n) is 15.8. The van der Waals surface area contributed by atoms with E-state index in [1.807, 2.05) is 7.11 Å². The summed E-state index contributed by atoms with van der Waals surface area (Å²) in [6.45, 7) is 14.2. The molecule has 0 saturated carbocycles. The van der Waals surface area contributed by atoms with Crippen molar-refractivity contribution in [1.29, 1.82) is 0 Å². The van der Waals surface area contributed by atoms with Crippen LogP contribution in [0.2, 0.25) is 0 Å². The second kappa shape index (κ2) is 15.8. The lowest BCUT2D eigenvalue weighted by atomic mass is 9.76. The molecule has 1 aliphatic carbocycles. The first kappa shape index (κ1) is 39.1. The van der Waals surface area contributed by atoms with E-state index in [1.165, 1.54) is 135 Å². The lowest BCUT2D eigenvalue weighted by molar-refractivity contribution is 0.141. The number of methoxy groups -OCH3 is 1. The van der Waals surface area contributed by atoms with Gasteiger partial charge in [0.25, 0.3) is 0 Å². The molecule has 316 valence electrons. The van der Waals surface area contributed by atoms with Crippen molar-refractivity contribution in [1.82, 2.24) is 9.80 Å². The standard InChI is InChI=1S/C55H64N4O2/c1-54(2)48-18-10-9-17-44(48)51-46-37-49(59-35-26-43(27-36-59)57-31-13-6-14-32-57)50(60-3)38-47(46)53-45(52(51)54)23-28-55(61-53,39-15-7-4-8-16-39)40-19-21-41(22-20-40)58-33-24-42(25-34-58)56-29-11-5-12-30-56/h4,7-10,15-23,28,37-38,42-43H,5-6,11-14,24-27,29-36H2,1-3H3. The van der Waals surface area contributed by atoms with Crippen LogP contribution in [0, 0.1) is 0 Å². The number of hydrogen-bond acceptors (Lipinski definition) is 6. The van der Waals surface area contributed by atoms with Crippen molar-refractivity contribution in [2.75, 3.05) is 69.3 Å². The van der Waals surface area contributed by atoms with Crippen molar-refractivity contribution < 1.29 is 9.47 Å². The van der Waals surface area contributed by atoms with Crippen LogP contribution in [0.25, 0.3) is 28.0 Å². The van der Waals surface area contributed by atoms with Crippen LogP contribution in [0.4, 0.5) is 11.4 Å². The van der Waals surface area contributed by atoms with Gasteiger partial charge in [0, 0.05) is 71.4 Å². The molecule has 1 atom stereocenters. The first-order valence-corrected chi connectivity index (χ1v) is 23.8. The zero-order chi connectivity index (χ0) is 41.1. The van der Waals surface area contributed by atoms with Gasteiger partial charge < -0.3 is 29.1 Å². The molecule has 5 aromatic carbocycles. The molecule has 11 rings (SSSR count). The Bertz CT molecular complexity index is 2410. The van der Waals surface area contributed by atoms with Gasteiger partial charge in [-0.1, -0.05) is 99.5 Å². The summed E-state index contributed by atoms with van der Waals surface area (Å²) in [5.74, 6) is 1.87. The smallest absolute Gasteiger partial charge is 0.178 e. The van der Waals surface area contributed by atoms with E-state index < -0.39 is 5.60 Å². The van der Waals surface area contributed by atoms with Gasteiger partial charge in [-0.3, -0.25) is 0 Å². The fourth-order valence-corrected chi connectivity index (χ4v) is 12.5. The Morgan fingerprint density at radius 3 is 1.84 bits per heavy atom. The molecule has 0 spiro atoms. The first-order chi connectivity index (χ1) is 29.9. The zero-order valence-corrected chi connectivity index (χ0v) is 36.8. The van der Waals surface area contributed by atoms with Gasteiger partial charge in [0.05, 0.1) is 12.8 Å². The van der Waals surface area contributed by atoms with Crippen LogP contribution in [0.5, 0.6) is 11.5 Å². The molecule has 4 fully saturated rings. The van der Waals surface area contributed by atoms with Crippen molar-refractivity contribution in [3.05, 3.63) is 125 Å². The molecule has 1 unspecified atom stereocenters. The van der Waals surface area contributed by atoms with Gasteiger partial charge in [0.1, 0.15) is 11.5 Å². The molecule has 0 bridgehead atoms. The van der Waals surface area contributed by atoms with Gasteiger partial charge in [-0.25, -0.2) is 0 Å². The molecule has 0 N–H and O–H groups in total. The van der Waals surface area contributed by atoms with E-state index in [-0.39, 0.29) is 5.41 Å². The van der Waals surface area contributed by atoms with E-state index in [4.69, 9.17) is 9.47 Å². The number of fused-ring (bicyclic) bond motifs is 8. The molecular formula is C55H64N4O2. The third kappa shape index (κ3) is 6.66. The summed E-state index contributed by atoms with van der Waals surface area (Å²) in [6, 6.07) is 35.5. The maximum absolute atomic E-state index is 7.77. The first-order valence-electron chi connectivity index (χ1n) is 23.8. The van der Waals surface area contributed by atoms with Gasteiger partial charge in [-0.15, -0.1) is 0 Å². The largest absolute Gasteiger partial charge is 0.495 e. The Morgan fingerprint density at radius 2 is 1.20 bits per heavy atom. The molecule has 4 saturated heterocycles. The van der Waals surface area contributed by atoms with Crippen molar-refractivity contribution >= 4 is 28.2 Å². The van der Waals surface area contributed by atoms with Crippen LogP contribution in [0.1, 0.15) is 106 Å². The molecule has 5 aliphatic heterocycles. The Kier molecular flexibility index (Phi) is 10.2. The number of rotatable bonds is 7. The van der Waals surface area contributed by atoms with E-state index in [0.29, 0.717) is 6.04 Å². The number of likely N-dealkylation sites (tertiary alicyclic amines) is 2. The number of anilines is 2. The van der Waals surface area contributed by atoms with Crippen LogP contribution >= 0.6 is 0 Å². The molecule has 6 heteroatoms. The SMILES string of the molecule is COc1cc2c3c(c4c(c2cc1N1CCC(N2CCCCC2)CC1)-c1ccccc1C4(C)C)C=CC(c1ccccc1)(c1ccc(N2CCC(N4CCCCC4)CC2)cc1)O3. The monoisotopic (exact) mass is 813 g/mol. The van der Waals surface area contributed by atoms with Crippen LogP contribution in [-0.4, -0.2) is 81.4 Å². The summed E-state index contributed by atoms with van der Waals surface area (Å²) in [7, 11) is 1.84. The molecule has 0 radical (unpaired) electrons. The van der Waals surface area contributed by atoms with Crippen LogP contribution in [0.15, 0.2) is 97.1 Å². The van der Waals surface area contributed by atoms with Gasteiger partial charge in [-0.05, 0) is 136 Å². The Balaban J connectivity index is 0.996. The van der Waals surface area contributed by atoms with Gasteiger partial charge >= 0.3 is 0 Å². The fourth-order valence-electron chi connectivity index (χ4n) is 12.5. The lowest BCUT2D eigenvalue weighted by Gasteiger charge is -2.41. The topological polar surface area (TPSA) is 31.4 Å². The number of piperidine rings is 4. The maximum Gasteiger partial charge on any atom is 0.178 e. The van der Waals surface area contributed by atoms with Gasteiger partial charge in [-0.2, -0.15) is 0 Å². The Labute approximate surface area is 364 Å². The second-order valence-corrected chi connectivity index (χ2v) is 19.4. The highest BCUT2D eigenvalue weighted by Crippen LogP contribution is 2.59. The Morgan fingerprint density at radius 1 is 0.607 bits per heavy atom. The summed E-state index contributed by atoms with van der Waals surface area (Å²) in [5, 5.41) is 2.37. The van der Waals surface area contributed by atoms with Crippen molar-refractivity contribution in [2.45, 2.75) is 101 Å². The molecule has 5 aromatic rings. The van der Waals surface area contributed by atoms with Crippen molar-refractivity contribution in [3.8, 4) is 22.6 Å². The average molecular weight is 813 g/mol. The minimum Gasteiger partial charge on any atom is -0.495 e. The highest BCUT2D eigenvalue weighted by Gasteiger charge is 2.45. The molecule has 0 aromatic heterocycles. The number of hydrogen-bond donors (Lipinski definition) is 0. The van der Waals surface area contributed by atoms with Crippen LogP contribution in [-0.2, 0) is 11.0 Å². The summed E-state index contributed by atoms with van der Waals surface area (Å²) >= 11 is 0. The van der Waals surface area contributed by atoms with E-state index >= 15 is 0 Å². The second-order valence-electron chi connectivity index (χ2n) is 19.4.